The van der Waals surface area contributed by atoms with Crippen LogP contribution in [0.4, 0.5) is 10.5 Å². The molecule has 4 heteroatoms. The molecular formula is C16H25N3O. The van der Waals surface area contributed by atoms with Crippen LogP contribution in [-0.4, -0.2) is 47.0 Å². The third-order valence-corrected chi connectivity index (χ3v) is 3.79. The van der Waals surface area contributed by atoms with Crippen molar-refractivity contribution < 1.29 is 4.79 Å². The summed E-state index contributed by atoms with van der Waals surface area (Å²) in [4.78, 5) is 16.4. The fourth-order valence-electron chi connectivity index (χ4n) is 2.97. The number of rotatable bonds is 4. The molecule has 0 spiro atoms. The van der Waals surface area contributed by atoms with E-state index in [9.17, 15) is 4.79 Å². The Morgan fingerprint density at radius 1 is 1.15 bits per heavy atom. The first-order valence-electron chi connectivity index (χ1n) is 7.37. The van der Waals surface area contributed by atoms with Crippen LogP contribution in [0.25, 0.3) is 0 Å². The maximum Gasteiger partial charge on any atom is 0.321 e. The first kappa shape index (κ1) is 14.9. The van der Waals surface area contributed by atoms with Crippen LogP contribution in [-0.2, 0) is 0 Å². The topological polar surface area (TPSA) is 35.6 Å². The summed E-state index contributed by atoms with van der Waals surface area (Å²) < 4.78 is 0. The van der Waals surface area contributed by atoms with Crippen molar-refractivity contribution in [3.05, 3.63) is 30.3 Å². The average Bonchev–Trinajstić information content (AvgIpc) is 2.32. The number of carbonyl (C=O) groups is 1. The van der Waals surface area contributed by atoms with Crippen molar-refractivity contribution in [3.63, 3.8) is 0 Å². The molecule has 4 nitrogen and oxygen atoms in total. The number of nitrogens with one attached hydrogen (secondary N) is 1. The molecule has 0 radical (unpaired) electrons. The van der Waals surface area contributed by atoms with E-state index < -0.39 is 0 Å². The van der Waals surface area contributed by atoms with E-state index in [0.717, 1.165) is 18.8 Å². The van der Waals surface area contributed by atoms with Gasteiger partial charge < -0.3 is 10.2 Å². The maximum absolute atomic E-state index is 12.1. The van der Waals surface area contributed by atoms with Gasteiger partial charge >= 0.3 is 6.03 Å². The highest BCUT2D eigenvalue weighted by Gasteiger charge is 2.36. The molecule has 0 bridgehead atoms. The Kier molecular flexibility index (Phi) is 4.65. The summed E-state index contributed by atoms with van der Waals surface area (Å²) >= 11 is 0. The quantitative estimate of drug-likeness (QED) is 0.917. The van der Waals surface area contributed by atoms with Gasteiger partial charge in [-0.1, -0.05) is 18.2 Å². The Labute approximate surface area is 121 Å². The summed E-state index contributed by atoms with van der Waals surface area (Å²) in [5.41, 5.74) is 0.852. The van der Waals surface area contributed by atoms with Crippen molar-refractivity contribution in [1.29, 1.82) is 0 Å². The molecular weight excluding hydrogens is 250 g/mol. The van der Waals surface area contributed by atoms with E-state index in [-0.39, 0.29) is 6.03 Å². The van der Waals surface area contributed by atoms with Crippen LogP contribution in [0.1, 0.15) is 27.7 Å². The second kappa shape index (κ2) is 6.27. The van der Waals surface area contributed by atoms with Gasteiger partial charge in [-0.3, -0.25) is 4.90 Å². The fourth-order valence-corrected chi connectivity index (χ4v) is 2.97. The minimum atomic E-state index is -0.0000813. The van der Waals surface area contributed by atoms with Gasteiger partial charge in [0.15, 0.2) is 0 Å². The number of anilines is 1. The normalized spacial score (nSPS) is 15.8. The van der Waals surface area contributed by atoms with Gasteiger partial charge in [0.25, 0.3) is 0 Å². The Morgan fingerprint density at radius 3 is 2.20 bits per heavy atom. The zero-order valence-electron chi connectivity index (χ0n) is 12.8. The fraction of sp³-hybridized carbons (Fsp3) is 0.562. The number of para-hydroxylation sites is 1. The zero-order chi connectivity index (χ0) is 14.7. The smallest absolute Gasteiger partial charge is 0.321 e. The Morgan fingerprint density at radius 2 is 1.70 bits per heavy atom. The molecule has 1 aliphatic rings. The third-order valence-electron chi connectivity index (χ3n) is 3.79. The van der Waals surface area contributed by atoms with Gasteiger partial charge in [-0.05, 0) is 39.8 Å². The second-order valence-electron chi connectivity index (χ2n) is 5.99. The zero-order valence-corrected chi connectivity index (χ0v) is 12.8. The standard InChI is InChI=1S/C16H25N3O/c1-12(2)19(13(3)4)15-10-18(11-15)16(20)17-14-8-6-5-7-9-14/h5-9,12-13,15H,10-11H2,1-4H3,(H,17,20). The van der Waals surface area contributed by atoms with Crippen LogP contribution < -0.4 is 5.32 Å². The molecule has 1 saturated heterocycles. The molecule has 2 amide bonds. The van der Waals surface area contributed by atoms with Crippen molar-refractivity contribution in [2.75, 3.05) is 18.4 Å². The number of urea groups is 1. The molecule has 1 N–H and O–H groups in total. The van der Waals surface area contributed by atoms with Crippen molar-refractivity contribution in [2.45, 2.75) is 45.8 Å². The van der Waals surface area contributed by atoms with E-state index in [4.69, 9.17) is 0 Å². The molecule has 1 fully saturated rings. The molecule has 0 saturated carbocycles. The predicted molar refractivity (Wildman–Crippen MR) is 82.9 cm³/mol. The minimum absolute atomic E-state index is 0.0000813. The lowest BCUT2D eigenvalue weighted by molar-refractivity contribution is 0.0202. The second-order valence-corrected chi connectivity index (χ2v) is 5.99. The van der Waals surface area contributed by atoms with E-state index in [1.165, 1.54) is 0 Å². The van der Waals surface area contributed by atoms with Gasteiger partial charge in [-0.15, -0.1) is 0 Å². The minimum Gasteiger partial charge on any atom is -0.321 e. The maximum atomic E-state index is 12.1. The van der Waals surface area contributed by atoms with E-state index in [1.54, 1.807) is 0 Å². The monoisotopic (exact) mass is 275 g/mol. The van der Waals surface area contributed by atoms with Crippen LogP contribution >= 0.6 is 0 Å². The van der Waals surface area contributed by atoms with Gasteiger partial charge in [-0.25, -0.2) is 4.79 Å². The number of amides is 2. The number of carbonyl (C=O) groups excluding carboxylic acids is 1. The Bertz CT molecular complexity index is 430. The number of hydrogen-bond acceptors (Lipinski definition) is 2. The summed E-state index contributed by atoms with van der Waals surface area (Å²) in [6.07, 6.45) is 0. The van der Waals surface area contributed by atoms with Crippen molar-refractivity contribution >= 4 is 11.7 Å². The highest BCUT2D eigenvalue weighted by atomic mass is 16.2. The molecule has 0 aliphatic carbocycles. The van der Waals surface area contributed by atoms with Crippen LogP contribution in [0.2, 0.25) is 0 Å². The van der Waals surface area contributed by atoms with E-state index in [2.05, 4.69) is 37.9 Å². The molecule has 0 aromatic heterocycles. The molecule has 1 heterocycles. The van der Waals surface area contributed by atoms with Crippen LogP contribution in [0.15, 0.2) is 30.3 Å². The summed E-state index contributed by atoms with van der Waals surface area (Å²) in [6.45, 7) is 10.5. The van der Waals surface area contributed by atoms with Crippen LogP contribution in [0, 0.1) is 0 Å². The highest BCUT2D eigenvalue weighted by Crippen LogP contribution is 2.21. The lowest BCUT2D eigenvalue weighted by Crippen LogP contribution is -2.64. The number of likely N-dealkylation sites (tertiary alicyclic amines) is 1. The van der Waals surface area contributed by atoms with Crippen LogP contribution in [0.3, 0.4) is 0 Å². The first-order valence-corrected chi connectivity index (χ1v) is 7.37. The lowest BCUT2D eigenvalue weighted by Gasteiger charge is -2.48. The summed E-state index contributed by atoms with van der Waals surface area (Å²) in [5.74, 6) is 0. The number of nitrogens with zero attached hydrogens (tertiary/aromatic N) is 2. The molecule has 0 atom stereocenters. The average molecular weight is 275 g/mol. The third kappa shape index (κ3) is 3.31. The summed E-state index contributed by atoms with van der Waals surface area (Å²) in [7, 11) is 0. The Balaban J connectivity index is 1.85. The number of hydrogen-bond donors (Lipinski definition) is 1. The first-order chi connectivity index (χ1) is 9.49. The SMILES string of the molecule is CC(C)N(C(C)C)C1CN(C(=O)Nc2ccccc2)C1. The molecule has 1 aromatic carbocycles. The Hall–Kier alpha value is -1.55. The predicted octanol–water partition coefficient (Wildman–Crippen LogP) is 3.02. The molecule has 20 heavy (non-hydrogen) atoms. The molecule has 2 rings (SSSR count). The van der Waals surface area contributed by atoms with Crippen molar-refractivity contribution in [2.24, 2.45) is 0 Å². The van der Waals surface area contributed by atoms with Gasteiger partial charge in [0.2, 0.25) is 0 Å². The molecule has 110 valence electrons. The molecule has 1 aliphatic heterocycles. The van der Waals surface area contributed by atoms with E-state index in [0.29, 0.717) is 18.1 Å². The number of benzene rings is 1. The largest absolute Gasteiger partial charge is 0.321 e. The van der Waals surface area contributed by atoms with Crippen LogP contribution in [0.5, 0.6) is 0 Å². The van der Waals surface area contributed by atoms with Crippen molar-refractivity contribution in [3.8, 4) is 0 Å². The van der Waals surface area contributed by atoms with Gasteiger partial charge in [0.05, 0.1) is 0 Å². The van der Waals surface area contributed by atoms with E-state index in [1.807, 2.05) is 35.2 Å². The van der Waals surface area contributed by atoms with Gasteiger partial charge in [0, 0.05) is 36.9 Å². The lowest BCUT2D eigenvalue weighted by atomic mass is 10.0. The summed E-state index contributed by atoms with van der Waals surface area (Å²) in [6, 6.07) is 11.1. The highest BCUT2D eigenvalue weighted by molar-refractivity contribution is 5.89. The van der Waals surface area contributed by atoms with Gasteiger partial charge in [0.1, 0.15) is 0 Å². The van der Waals surface area contributed by atoms with E-state index >= 15 is 0 Å². The molecule has 1 aromatic rings. The van der Waals surface area contributed by atoms with Crippen molar-refractivity contribution in [1.82, 2.24) is 9.80 Å². The summed E-state index contributed by atoms with van der Waals surface area (Å²) in [5, 5.41) is 2.93. The van der Waals surface area contributed by atoms with Gasteiger partial charge in [-0.2, -0.15) is 0 Å². The molecule has 0 unspecified atom stereocenters.